The average Bonchev–Trinajstić information content (AvgIpc) is 2.45. The maximum absolute atomic E-state index is 11.9. The van der Waals surface area contributed by atoms with Crippen LogP contribution in [0.4, 0.5) is 5.69 Å². The van der Waals surface area contributed by atoms with Gasteiger partial charge in [-0.3, -0.25) is 4.79 Å². The lowest BCUT2D eigenvalue weighted by molar-refractivity contribution is -0.117. The first-order chi connectivity index (χ1) is 9.40. The number of hydrogen-bond acceptors (Lipinski definition) is 4. The van der Waals surface area contributed by atoms with E-state index in [-0.39, 0.29) is 5.91 Å². The number of thioether (sulfide) groups is 1. The molecule has 0 aromatic heterocycles. The second kappa shape index (κ2) is 7.32. The molecule has 0 aliphatic heterocycles. The molecule has 0 aliphatic rings. The molecule has 3 N–H and O–H groups in total. The highest BCUT2D eigenvalue weighted by molar-refractivity contribution is 7.98. The summed E-state index contributed by atoms with van der Waals surface area (Å²) in [6.45, 7) is 3.72. The Morgan fingerprint density at radius 2 is 2.05 bits per heavy atom. The standard InChI is InChI=1S/C15H21N3OS/c1-15(2,10-16)11-4-6-12(7-5-11)18-14(19)13(17)8-9-20-3/h4-7,13H,8-9,17H2,1-3H3,(H,18,19)/t13-/m0/s1. The van der Waals surface area contributed by atoms with Crippen LogP contribution in [0.2, 0.25) is 0 Å². The van der Waals surface area contributed by atoms with Gasteiger partial charge >= 0.3 is 0 Å². The van der Waals surface area contributed by atoms with E-state index in [4.69, 9.17) is 11.0 Å². The van der Waals surface area contributed by atoms with Crippen molar-refractivity contribution in [2.24, 2.45) is 5.73 Å². The molecule has 1 atom stereocenters. The fourth-order valence-corrected chi connectivity index (χ4v) is 2.14. The number of anilines is 1. The first kappa shape index (κ1) is 16.5. The minimum absolute atomic E-state index is 0.175. The van der Waals surface area contributed by atoms with Crippen LogP contribution in [0.5, 0.6) is 0 Å². The van der Waals surface area contributed by atoms with Crippen molar-refractivity contribution in [2.75, 3.05) is 17.3 Å². The van der Waals surface area contributed by atoms with Crippen molar-refractivity contribution >= 4 is 23.4 Å². The largest absolute Gasteiger partial charge is 0.325 e. The molecule has 5 heteroatoms. The fourth-order valence-electron chi connectivity index (χ4n) is 1.65. The summed E-state index contributed by atoms with van der Waals surface area (Å²) in [5.74, 6) is 0.690. The molecular formula is C15H21N3OS. The van der Waals surface area contributed by atoms with Crippen LogP contribution < -0.4 is 11.1 Å². The van der Waals surface area contributed by atoms with Gasteiger partial charge in [0.05, 0.1) is 17.5 Å². The van der Waals surface area contributed by atoms with Crippen molar-refractivity contribution in [1.29, 1.82) is 5.26 Å². The summed E-state index contributed by atoms with van der Waals surface area (Å²) < 4.78 is 0. The molecule has 20 heavy (non-hydrogen) atoms. The van der Waals surface area contributed by atoms with Crippen LogP contribution in [0.1, 0.15) is 25.8 Å². The van der Waals surface area contributed by atoms with Gasteiger partial charge in [0.2, 0.25) is 5.91 Å². The topological polar surface area (TPSA) is 78.9 Å². The number of nitrogens with zero attached hydrogens (tertiary/aromatic N) is 1. The molecule has 0 aliphatic carbocycles. The first-order valence-corrected chi connectivity index (χ1v) is 7.87. The van der Waals surface area contributed by atoms with Crippen LogP contribution in [0.3, 0.4) is 0 Å². The Morgan fingerprint density at radius 1 is 1.45 bits per heavy atom. The van der Waals surface area contributed by atoms with Crippen molar-refractivity contribution in [3.63, 3.8) is 0 Å². The van der Waals surface area contributed by atoms with Gasteiger partial charge in [-0.2, -0.15) is 17.0 Å². The third-order valence-corrected chi connectivity index (χ3v) is 3.77. The minimum atomic E-state index is -0.530. The number of carbonyl (C=O) groups is 1. The SMILES string of the molecule is CSCC[C@H](N)C(=O)Nc1ccc(C(C)(C)C#N)cc1. The van der Waals surface area contributed by atoms with Crippen molar-refractivity contribution in [2.45, 2.75) is 31.7 Å². The molecule has 1 amide bonds. The van der Waals surface area contributed by atoms with Crippen LogP contribution in [0.25, 0.3) is 0 Å². The maximum atomic E-state index is 11.9. The number of carbonyl (C=O) groups excluding carboxylic acids is 1. The van der Waals surface area contributed by atoms with E-state index in [1.165, 1.54) is 0 Å². The first-order valence-electron chi connectivity index (χ1n) is 6.48. The highest BCUT2D eigenvalue weighted by atomic mass is 32.2. The summed E-state index contributed by atoms with van der Waals surface area (Å²) >= 11 is 1.67. The number of nitrogens with two attached hydrogens (primary N) is 1. The van der Waals surface area contributed by atoms with Gasteiger partial charge in [0.1, 0.15) is 0 Å². The van der Waals surface area contributed by atoms with Gasteiger partial charge < -0.3 is 11.1 Å². The third-order valence-electron chi connectivity index (χ3n) is 3.12. The fraction of sp³-hybridized carbons (Fsp3) is 0.467. The van der Waals surface area contributed by atoms with Gasteiger partial charge in [-0.1, -0.05) is 12.1 Å². The summed E-state index contributed by atoms with van der Waals surface area (Å²) in [5.41, 5.74) is 6.89. The van der Waals surface area contributed by atoms with Gasteiger partial charge in [0, 0.05) is 5.69 Å². The molecule has 4 nitrogen and oxygen atoms in total. The van der Waals surface area contributed by atoms with E-state index in [2.05, 4.69) is 11.4 Å². The number of amides is 1. The molecule has 0 unspecified atom stereocenters. The molecule has 1 aromatic carbocycles. The molecule has 0 fully saturated rings. The van der Waals surface area contributed by atoms with E-state index in [1.807, 2.05) is 32.2 Å². The van der Waals surface area contributed by atoms with Crippen LogP contribution in [-0.2, 0) is 10.2 Å². The minimum Gasteiger partial charge on any atom is -0.325 e. The summed E-state index contributed by atoms with van der Waals surface area (Å²) in [7, 11) is 0. The molecular weight excluding hydrogens is 270 g/mol. The Balaban J connectivity index is 2.67. The Kier molecular flexibility index (Phi) is 6.05. The second-order valence-electron chi connectivity index (χ2n) is 5.19. The molecule has 0 saturated heterocycles. The second-order valence-corrected chi connectivity index (χ2v) is 6.18. The monoisotopic (exact) mass is 291 g/mol. The van der Waals surface area contributed by atoms with E-state index in [0.29, 0.717) is 12.1 Å². The van der Waals surface area contributed by atoms with E-state index in [9.17, 15) is 4.79 Å². The predicted octanol–water partition coefficient (Wildman–Crippen LogP) is 2.51. The lowest BCUT2D eigenvalue weighted by Crippen LogP contribution is -2.36. The lowest BCUT2D eigenvalue weighted by Gasteiger charge is -2.16. The summed E-state index contributed by atoms with van der Waals surface area (Å²) in [6, 6.07) is 9.07. The van der Waals surface area contributed by atoms with Gasteiger partial charge in [-0.15, -0.1) is 0 Å². The van der Waals surface area contributed by atoms with E-state index < -0.39 is 11.5 Å². The van der Waals surface area contributed by atoms with Gasteiger partial charge in [0.15, 0.2) is 0 Å². The number of rotatable bonds is 6. The molecule has 0 heterocycles. The Hall–Kier alpha value is -1.51. The lowest BCUT2D eigenvalue weighted by atomic mass is 9.86. The zero-order valence-corrected chi connectivity index (χ0v) is 13.0. The Morgan fingerprint density at radius 3 is 2.55 bits per heavy atom. The quantitative estimate of drug-likeness (QED) is 0.844. The molecule has 0 saturated carbocycles. The van der Waals surface area contributed by atoms with Crippen LogP contribution >= 0.6 is 11.8 Å². The summed E-state index contributed by atoms with van der Waals surface area (Å²) in [4.78, 5) is 11.9. The molecule has 1 rings (SSSR count). The van der Waals surface area contributed by atoms with Gasteiger partial charge in [0.25, 0.3) is 0 Å². The molecule has 1 aromatic rings. The van der Waals surface area contributed by atoms with E-state index >= 15 is 0 Å². The number of nitriles is 1. The van der Waals surface area contributed by atoms with Crippen molar-refractivity contribution < 1.29 is 4.79 Å². The summed E-state index contributed by atoms with van der Waals surface area (Å²) in [6.07, 6.45) is 2.65. The molecule has 0 spiro atoms. The van der Waals surface area contributed by atoms with Gasteiger partial charge in [-0.05, 0) is 50.0 Å². The van der Waals surface area contributed by atoms with E-state index in [0.717, 1.165) is 11.3 Å². The highest BCUT2D eigenvalue weighted by Crippen LogP contribution is 2.23. The third kappa shape index (κ3) is 4.55. The number of benzene rings is 1. The van der Waals surface area contributed by atoms with Crippen molar-refractivity contribution in [1.82, 2.24) is 0 Å². The van der Waals surface area contributed by atoms with E-state index in [1.54, 1.807) is 23.9 Å². The maximum Gasteiger partial charge on any atom is 0.241 e. The van der Waals surface area contributed by atoms with Crippen LogP contribution in [0, 0.1) is 11.3 Å². The molecule has 108 valence electrons. The average molecular weight is 291 g/mol. The Bertz CT molecular complexity index is 491. The number of nitrogens with one attached hydrogen (secondary N) is 1. The Labute approximate surface area is 124 Å². The van der Waals surface area contributed by atoms with Gasteiger partial charge in [-0.25, -0.2) is 0 Å². The zero-order valence-electron chi connectivity index (χ0n) is 12.1. The van der Waals surface area contributed by atoms with Crippen molar-refractivity contribution in [3.05, 3.63) is 29.8 Å². The highest BCUT2D eigenvalue weighted by Gasteiger charge is 2.19. The molecule has 0 bridgehead atoms. The van der Waals surface area contributed by atoms with Crippen LogP contribution in [-0.4, -0.2) is 24.0 Å². The summed E-state index contributed by atoms with van der Waals surface area (Å²) in [5, 5.41) is 11.9. The zero-order chi connectivity index (χ0) is 15.2. The normalized spacial score (nSPS) is 12.6. The number of hydrogen-bond donors (Lipinski definition) is 2. The van der Waals surface area contributed by atoms with Crippen molar-refractivity contribution in [3.8, 4) is 6.07 Å². The predicted molar refractivity (Wildman–Crippen MR) is 84.7 cm³/mol. The van der Waals surface area contributed by atoms with Crippen LogP contribution in [0.15, 0.2) is 24.3 Å². The molecule has 0 radical (unpaired) electrons. The smallest absolute Gasteiger partial charge is 0.241 e.